The Morgan fingerprint density at radius 2 is 1.63 bits per heavy atom. The molecule has 0 fully saturated rings. The highest BCUT2D eigenvalue weighted by Gasteiger charge is 2.18. The minimum Gasteiger partial charge on any atom is -0.326 e. The van der Waals surface area contributed by atoms with E-state index in [1.165, 1.54) is 43.3 Å². The second kappa shape index (κ2) is 7.77. The van der Waals surface area contributed by atoms with Crippen molar-refractivity contribution in [2.45, 2.75) is 23.6 Å². The number of hydrogen-bond donors (Lipinski definition) is 2. The monoisotopic (exact) mass is 407 g/mol. The zero-order chi connectivity index (χ0) is 20.2. The molecule has 2 aromatic carbocycles. The molecule has 0 heterocycles. The van der Waals surface area contributed by atoms with Crippen LogP contribution in [0.3, 0.4) is 0 Å². The fraction of sp³-hybridized carbons (Fsp3) is 0.176. The smallest absolute Gasteiger partial charge is 0.261 e. The maximum Gasteiger partial charge on any atom is 0.261 e. The van der Waals surface area contributed by atoms with Crippen LogP contribution in [0.25, 0.3) is 0 Å². The van der Waals surface area contributed by atoms with Gasteiger partial charge in [-0.3, -0.25) is 9.52 Å². The molecule has 2 rings (SSSR count). The summed E-state index contributed by atoms with van der Waals surface area (Å²) in [6, 6.07) is 10.9. The molecular formula is C17H17N3O5S2. The van der Waals surface area contributed by atoms with E-state index in [-0.39, 0.29) is 21.4 Å². The van der Waals surface area contributed by atoms with E-state index in [4.69, 9.17) is 5.26 Å². The molecule has 0 aliphatic rings. The van der Waals surface area contributed by atoms with Crippen molar-refractivity contribution in [2.75, 3.05) is 15.8 Å². The van der Waals surface area contributed by atoms with Crippen molar-refractivity contribution in [1.82, 2.24) is 0 Å². The normalized spacial score (nSPS) is 11.4. The highest BCUT2D eigenvalue weighted by molar-refractivity contribution is 7.92. The van der Waals surface area contributed by atoms with Crippen molar-refractivity contribution in [3.8, 4) is 6.07 Å². The molecule has 0 aromatic heterocycles. The highest BCUT2D eigenvalue weighted by Crippen LogP contribution is 2.23. The van der Waals surface area contributed by atoms with E-state index in [9.17, 15) is 21.6 Å². The number of hydrogen-bond acceptors (Lipinski definition) is 6. The molecule has 10 heteroatoms. The van der Waals surface area contributed by atoms with Gasteiger partial charge in [-0.15, -0.1) is 0 Å². The Kier molecular flexibility index (Phi) is 5.88. The number of sulfonamides is 1. The molecule has 0 aliphatic heterocycles. The second-order valence-corrected chi connectivity index (χ2v) is 9.38. The summed E-state index contributed by atoms with van der Waals surface area (Å²) >= 11 is 0. The van der Waals surface area contributed by atoms with E-state index in [1.807, 2.05) is 0 Å². The molecular weight excluding hydrogens is 390 g/mol. The maximum atomic E-state index is 12.6. The van der Waals surface area contributed by atoms with Crippen LogP contribution in [0.2, 0.25) is 0 Å². The van der Waals surface area contributed by atoms with Crippen LogP contribution in [0, 0.1) is 18.3 Å². The second-order valence-electron chi connectivity index (χ2n) is 5.70. The van der Waals surface area contributed by atoms with Gasteiger partial charge in [0.05, 0.1) is 15.9 Å². The number of nitriles is 1. The third-order valence-electron chi connectivity index (χ3n) is 3.55. The molecule has 0 bridgehead atoms. The van der Waals surface area contributed by atoms with Gasteiger partial charge in [-0.05, 0) is 48.9 Å². The van der Waals surface area contributed by atoms with E-state index in [2.05, 4.69) is 10.0 Å². The number of benzene rings is 2. The largest absolute Gasteiger partial charge is 0.326 e. The Bertz CT molecular complexity index is 1120. The molecule has 0 saturated carbocycles. The van der Waals surface area contributed by atoms with Gasteiger partial charge in [0, 0.05) is 18.3 Å². The minimum absolute atomic E-state index is 0.0574. The number of carbonyl (C=O) groups is 1. The average molecular weight is 407 g/mol. The molecule has 0 spiro atoms. The molecule has 8 nitrogen and oxygen atoms in total. The number of rotatable bonds is 6. The summed E-state index contributed by atoms with van der Waals surface area (Å²) in [4.78, 5) is 11.1. The van der Waals surface area contributed by atoms with Gasteiger partial charge >= 0.3 is 0 Å². The Hall–Kier alpha value is -2.90. The SMILES string of the molecule is CC(=O)Nc1cc(S(=O)(=O)Nc2ccc(S(=O)(=O)CC#N)cc2)ccc1C. The molecule has 27 heavy (non-hydrogen) atoms. The zero-order valence-electron chi connectivity index (χ0n) is 14.6. The molecule has 2 aromatic rings. The van der Waals surface area contributed by atoms with Crippen LogP contribution in [0.1, 0.15) is 12.5 Å². The summed E-state index contributed by atoms with van der Waals surface area (Å²) in [7, 11) is -7.67. The Balaban J connectivity index is 2.29. The predicted molar refractivity (Wildman–Crippen MR) is 100 cm³/mol. The summed E-state index contributed by atoms with van der Waals surface area (Å²) in [5.41, 5.74) is 1.24. The number of sulfone groups is 1. The number of aryl methyl sites for hydroxylation is 1. The molecule has 1 amide bonds. The molecule has 0 unspecified atom stereocenters. The third-order valence-corrected chi connectivity index (χ3v) is 6.43. The lowest BCUT2D eigenvalue weighted by Crippen LogP contribution is -2.14. The fourth-order valence-corrected chi connectivity index (χ4v) is 4.18. The standard InChI is InChI=1S/C17H17N3O5S2/c1-12-3-6-16(11-17(12)19-13(2)21)27(24,25)20-14-4-7-15(8-5-14)26(22,23)10-9-18/h3-8,11,20H,10H2,1-2H3,(H,19,21). The van der Waals surface area contributed by atoms with Crippen molar-refractivity contribution in [2.24, 2.45) is 0 Å². The fourth-order valence-electron chi connectivity index (χ4n) is 2.21. The zero-order valence-corrected chi connectivity index (χ0v) is 16.2. The van der Waals surface area contributed by atoms with E-state index in [0.29, 0.717) is 11.3 Å². The molecule has 0 aliphatic carbocycles. The number of nitrogens with zero attached hydrogens (tertiary/aromatic N) is 1. The topological polar surface area (TPSA) is 133 Å². The lowest BCUT2D eigenvalue weighted by Gasteiger charge is -2.12. The van der Waals surface area contributed by atoms with Crippen LogP contribution < -0.4 is 10.0 Å². The van der Waals surface area contributed by atoms with Crippen LogP contribution in [0.4, 0.5) is 11.4 Å². The van der Waals surface area contributed by atoms with Gasteiger partial charge < -0.3 is 5.32 Å². The van der Waals surface area contributed by atoms with Gasteiger partial charge in [0.15, 0.2) is 9.84 Å². The van der Waals surface area contributed by atoms with Crippen LogP contribution in [0.15, 0.2) is 52.3 Å². The average Bonchev–Trinajstić information content (AvgIpc) is 2.56. The predicted octanol–water partition coefficient (Wildman–Crippen LogP) is 2.05. The lowest BCUT2D eigenvalue weighted by molar-refractivity contribution is -0.114. The van der Waals surface area contributed by atoms with Crippen LogP contribution in [-0.4, -0.2) is 28.5 Å². The van der Waals surface area contributed by atoms with Gasteiger partial charge in [-0.25, -0.2) is 16.8 Å². The number of amides is 1. The minimum atomic E-state index is -3.95. The van der Waals surface area contributed by atoms with E-state index < -0.39 is 25.6 Å². The Morgan fingerprint density at radius 3 is 2.19 bits per heavy atom. The van der Waals surface area contributed by atoms with Gasteiger partial charge in [-0.1, -0.05) is 6.07 Å². The number of nitrogens with one attached hydrogen (secondary N) is 2. The van der Waals surface area contributed by atoms with Crippen molar-refractivity contribution in [1.29, 1.82) is 5.26 Å². The van der Waals surface area contributed by atoms with Crippen LogP contribution in [-0.2, 0) is 24.7 Å². The summed E-state index contributed by atoms with van der Waals surface area (Å²) in [6.07, 6.45) is 0. The van der Waals surface area contributed by atoms with E-state index >= 15 is 0 Å². The van der Waals surface area contributed by atoms with Crippen molar-refractivity contribution >= 4 is 37.1 Å². The van der Waals surface area contributed by atoms with E-state index in [0.717, 1.165) is 0 Å². The first-order chi connectivity index (χ1) is 12.5. The van der Waals surface area contributed by atoms with E-state index in [1.54, 1.807) is 19.1 Å². The maximum absolute atomic E-state index is 12.6. The molecule has 0 radical (unpaired) electrons. The van der Waals surface area contributed by atoms with Crippen molar-refractivity contribution < 1.29 is 21.6 Å². The first kappa shape index (κ1) is 20.4. The van der Waals surface area contributed by atoms with Gasteiger partial charge in [0.2, 0.25) is 5.91 Å². The first-order valence-corrected chi connectivity index (χ1v) is 10.8. The van der Waals surface area contributed by atoms with Gasteiger partial charge in [0.1, 0.15) is 5.75 Å². The quantitative estimate of drug-likeness (QED) is 0.753. The molecule has 0 saturated heterocycles. The van der Waals surface area contributed by atoms with Crippen LogP contribution in [0.5, 0.6) is 0 Å². The molecule has 2 N–H and O–H groups in total. The molecule has 0 atom stereocenters. The van der Waals surface area contributed by atoms with Crippen molar-refractivity contribution in [3.05, 3.63) is 48.0 Å². The summed E-state index contributed by atoms with van der Waals surface area (Å²) in [6.45, 7) is 3.05. The first-order valence-electron chi connectivity index (χ1n) is 7.66. The van der Waals surface area contributed by atoms with Crippen molar-refractivity contribution in [3.63, 3.8) is 0 Å². The summed E-state index contributed by atoms with van der Waals surface area (Å²) in [5, 5.41) is 11.1. The lowest BCUT2D eigenvalue weighted by atomic mass is 10.2. The number of anilines is 2. The summed E-state index contributed by atoms with van der Waals surface area (Å²) < 4.78 is 51.1. The Morgan fingerprint density at radius 1 is 1.04 bits per heavy atom. The third kappa shape index (κ3) is 5.06. The van der Waals surface area contributed by atoms with Crippen LogP contribution >= 0.6 is 0 Å². The van der Waals surface area contributed by atoms with Gasteiger partial charge in [0.25, 0.3) is 10.0 Å². The van der Waals surface area contributed by atoms with Gasteiger partial charge in [-0.2, -0.15) is 5.26 Å². The summed E-state index contributed by atoms with van der Waals surface area (Å²) in [5.74, 6) is -0.984. The Labute approximate surface area is 157 Å². The number of carbonyl (C=O) groups excluding carboxylic acids is 1. The highest BCUT2D eigenvalue weighted by atomic mass is 32.2. The molecule has 142 valence electrons.